The molecule has 0 spiro atoms. The molecule has 0 aromatic heterocycles. The summed E-state index contributed by atoms with van der Waals surface area (Å²) in [5, 5.41) is 10.0. The van der Waals surface area contributed by atoms with Crippen molar-refractivity contribution in [2.75, 3.05) is 26.2 Å². The van der Waals surface area contributed by atoms with Crippen LogP contribution in [0.1, 0.15) is 43.2 Å². The molecule has 0 unspecified atom stereocenters. The van der Waals surface area contributed by atoms with E-state index in [4.69, 9.17) is 0 Å². The lowest BCUT2D eigenvalue weighted by atomic mass is 10.1. The molecule has 4 nitrogen and oxygen atoms in total. The second-order valence-corrected chi connectivity index (χ2v) is 7.32. The molecule has 1 N–H and O–H groups in total. The van der Waals surface area contributed by atoms with Crippen LogP contribution in [0.5, 0.6) is 0 Å². The van der Waals surface area contributed by atoms with Gasteiger partial charge in [0.25, 0.3) is 0 Å². The summed E-state index contributed by atoms with van der Waals surface area (Å²) in [7, 11) is 0. The maximum atomic E-state index is 12.4. The van der Waals surface area contributed by atoms with Crippen LogP contribution >= 0.6 is 0 Å². The standard InChI is InChI=1S/C20H30N2O2/c1-16-8-10-17(11-9-16)4-2-7-20(24)22-14-12-21(13-15-22)18-5-3-6-19(18)23/h8-11,18-19,23H,2-7,12-15H2,1H3/t18-,19+/m1/s1. The van der Waals surface area contributed by atoms with E-state index in [1.165, 1.54) is 11.1 Å². The Bertz CT molecular complexity index is 535. The molecule has 1 amide bonds. The van der Waals surface area contributed by atoms with Crippen LogP contribution in [0.15, 0.2) is 24.3 Å². The average Bonchev–Trinajstić information content (AvgIpc) is 3.03. The fourth-order valence-corrected chi connectivity index (χ4v) is 4.01. The molecule has 0 bridgehead atoms. The molecule has 2 atom stereocenters. The van der Waals surface area contributed by atoms with Gasteiger partial charge in [0.05, 0.1) is 6.10 Å². The van der Waals surface area contributed by atoms with Gasteiger partial charge in [0.1, 0.15) is 0 Å². The maximum absolute atomic E-state index is 12.4. The first-order chi connectivity index (χ1) is 11.6. The number of hydrogen-bond donors (Lipinski definition) is 1. The number of aliphatic hydroxyl groups is 1. The number of amides is 1. The average molecular weight is 330 g/mol. The van der Waals surface area contributed by atoms with E-state index in [0.29, 0.717) is 12.5 Å². The molecule has 1 saturated carbocycles. The first-order valence-corrected chi connectivity index (χ1v) is 9.39. The largest absolute Gasteiger partial charge is 0.391 e. The van der Waals surface area contributed by atoms with Crippen molar-refractivity contribution in [1.29, 1.82) is 0 Å². The van der Waals surface area contributed by atoms with Gasteiger partial charge < -0.3 is 10.0 Å². The zero-order valence-corrected chi connectivity index (χ0v) is 14.8. The Hall–Kier alpha value is -1.39. The van der Waals surface area contributed by atoms with Gasteiger partial charge in [0.15, 0.2) is 0 Å². The predicted octanol–water partition coefficient (Wildman–Crippen LogP) is 2.38. The second kappa shape index (κ2) is 8.13. The summed E-state index contributed by atoms with van der Waals surface area (Å²) in [4.78, 5) is 16.8. The number of carbonyl (C=O) groups excluding carboxylic acids is 1. The molecule has 2 fully saturated rings. The third-order valence-electron chi connectivity index (χ3n) is 5.56. The van der Waals surface area contributed by atoms with Crippen LogP contribution in [0.2, 0.25) is 0 Å². The Labute approximate surface area is 145 Å². The van der Waals surface area contributed by atoms with E-state index in [2.05, 4.69) is 36.1 Å². The number of nitrogens with zero attached hydrogens (tertiary/aromatic N) is 2. The molecule has 4 heteroatoms. The second-order valence-electron chi connectivity index (χ2n) is 7.32. The van der Waals surface area contributed by atoms with Crippen molar-refractivity contribution in [2.24, 2.45) is 0 Å². The molecule has 1 heterocycles. The summed E-state index contributed by atoms with van der Waals surface area (Å²) in [6.07, 6.45) is 5.53. The molecule has 3 rings (SSSR count). The fourth-order valence-electron chi connectivity index (χ4n) is 4.01. The van der Waals surface area contributed by atoms with E-state index in [0.717, 1.165) is 58.3 Å². The van der Waals surface area contributed by atoms with Crippen LogP contribution in [-0.2, 0) is 11.2 Å². The van der Waals surface area contributed by atoms with Gasteiger partial charge in [-0.3, -0.25) is 9.69 Å². The molecule has 0 radical (unpaired) electrons. The minimum atomic E-state index is -0.165. The summed E-state index contributed by atoms with van der Waals surface area (Å²) in [5.41, 5.74) is 2.59. The first kappa shape index (κ1) is 17.4. The molecule has 132 valence electrons. The maximum Gasteiger partial charge on any atom is 0.222 e. The normalized spacial score (nSPS) is 25.2. The highest BCUT2D eigenvalue weighted by Gasteiger charge is 2.33. The molecule has 1 aliphatic heterocycles. The quantitative estimate of drug-likeness (QED) is 0.901. The highest BCUT2D eigenvalue weighted by atomic mass is 16.3. The lowest BCUT2D eigenvalue weighted by Gasteiger charge is -2.39. The number of aryl methyl sites for hydroxylation is 2. The summed E-state index contributed by atoms with van der Waals surface area (Å²) in [5.74, 6) is 0.286. The number of piperazine rings is 1. The minimum Gasteiger partial charge on any atom is -0.391 e. The number of hydrogen-bond acceptors (Lipinski definition) is 3. The zero-order valence-electron chi connectivity index (χ0n) is 14.8. The first-order valence-electron chi connectivity index (χ1n) is 9.39. The minimum absolute atomic E-state index is 0.165. The van der Waals surface area contributed by atoms with Gasteiger partial charge in [-0.15, -0.1) is 0 Å². The molecule has 1 aliphatic carbocycles. The smallest absolute Gasteiger partial charge is 0.222 e. The Morgan fingerprint density at radius 1 is 1.12 bits per heavy atom. The van der Waals surface area contributed by atoms with E-state index in [1.807, 2.05) is 4.90 Å². The van der Waals surface area contributed by atoms with E-state index >= 15 is 0 Å². The lowest BCUT2D eigenvalue weighted by molar-refractivity contribution is -0.133. The van der Waals surface area contributed by atoms with E-state index in [-0.39, 0.29) is 12.0 Å². The Kier molecular flexibility index (Phi) is 5.90. The molecule has 1 saturated heterocycles. The number of aliphatic hydroxyl groups excluding tert-OH is 1. The molecule has 24 heavy (non-hydrogen) atoms. The Morgan fingerprint density at radius 3 is 2.46 bits per heavy atom. The van der Waals surface area contributed by atoms with Gasteiger partial charge >= 0.3 is 0 Å². The monoisotopic (exact) mass is 330 g/mol. The van der Waals surface area contributed by atoms with Crippen molar-refractivity contribution in [3.8, 4) is 0 Å². The van der Waals surface area contributed by atoms with E-state index < -0.39 is 0 Å². The highest BCUT2D eigenvalue weighted by Crippen LogP contribution is 2.25. The van der Waals surface area contributed by atoms with E-state index in [9.17, 15) is 9.90 Å². The lowest BCUT2D eigenvalue weighted by Crippen LogP contribution is -2.53. The summed E-state index contributed by atoms with van der Waals surface area (Å²) >= 11 is 0. The van der Waals surface area contributed by atoms with Crippen LogP contribution in [0.4, 0.5) is 0 Å². The van der Waals surface area contributed by atoms with Gasteiger partial charge in [-0.05, 0) is 44.6 Å². The molecule has 1 aromatic carbocycles. The summed E-state index contributed by atoms with van der Waals surface area (Å²) < 4.78 is 0. The Balaban J connectivity index is 1.38. The van der Waals surface area contributed by atoms with Crippen LogP contribution in [0.25, 0.3) is 0 Å². The van der Waals surface area contributed by atoms with Gasteiger partial charge in [-0.2, -0.15) is 0 Å². The van der Waals surface area contributed by atoms with Crippen LogP contribution in [0, 0.1) is 6.92 Å². The van der Waals surface area contributed by atoms with Crippen molar-refractivity contribution >= 4 is 5.91 Å². The predicted molar refractivity (Wildman–Crippen MR) is 95.9 cm³/mol. The van der Waals surface area contributed by atoms with Crippen molar-refractivity contribution in [3.63, 3.8) is 0 Å². The van der Waals surface area contributed by atoms with E-state index in [1.54, 1.807) is 0 Å². The van der Waals surface area contributed by atoms with Gasteiger partial charge in [0.2, 0.25) is 5.91 Å². The topological polar surface area (TPSA) is 43.8 Å². The third-order valence-corrected chi connectivity index (χ3v) is 5.56. The van der Waals surface area contributed by atoms with Gasteiger partial charge in [-0.1, -0.05) is 29.8 Å². The van der Waals surface area contributed by atoms with Gasteiger partial charge in [-0.25, -0.2) is 0 Å². The molecule has 1 aromatic rings. The Morgan fingerprint density at radius 2 is 1.83 bits per heavy atom. The van der Waals surface area contributed by atoms with Crippen molar-refractivity contribution < 1.29 is 9.90 Å². The summed E-state index contributed by atoms with van der Waals surface area (Å²) in [6.45, 7) is 5.54. The van der Waals surface area contributed by atoms with Crippen LogP contribution in [-0.4, -0.2) is 59.1 Å². The van der Waals surface area contributed by atoms with Crippen molar-refractivity contribution in [3.05, 3.63) is 35.4 Å². The number of benzene rings is 1. The molecular weight excluding hydrogens is 300 g/mol. The van der Waals surface area contributed by atoms with Crippen LogP contribution < -0.4 is 0 Å². The third kappa shape index (κ3) is 4.37. The van der Waals surface area contributed by atoms with Crippen molar-refractivity contribution in [1.82, 2.24) is 9.80 Å². The highest BCUT2D eigenvalue weighted by molar-refractivity contribution is 5.76. The fraction of sp³-hybridized carbons (Fsp3) is 0.650. The SMILES string of the molecule is Cc1ccc(CCCC(=O)N2CCN([C@@H]3CCC[C@@H]3O)CC2)cc1. The molecule has 2 aliphatic rings. The molecular formula is C20H30N2O2. The zero-order chi connectivity index (χ0) is 16.9. The summed E-state index contributed by atoms with van der Waals surface area (Å²) in [6, 6.07) is 8.90. The number of carbonyl (C=O) groups is 1. The number of rotatable bonds is 5. The van der Waals surface area contributed by atoms with Crippen molar-refractivity contribution in [2.45, 2.75) is 57.6 Å². The van der Waals surface area contributed by atoms with Gasteiger partial charge in [0, 0.05) is 38.6 Å². The van der Waals surface area contributed by atoms with Crippen LogP contribution in [0.3, 0.4) is 0 Å².